The van der Waals surface area contributed by atoms with E-state index < -0.39 is 43.8 Å². The smallest absolute Gasteiger partial charge is 0.318 e. The Hall–Kier alpha value is -4.91. The number of rotatable bonds is 10. The molecule has 3 amide bonds. The van der Waals surface area contributed by atoms with Gasteiger partial charge in [0.2, 0.25) is 0 Å². The lowest BCUT2D eigenvalue weighted by Crippen LogP contribution is -2.61. The zero-order chi connectivity index (χ0) is 37.2. The predicted octanol–water partition coefficient (Wildman–Crippen LogP) is 3.90. The average Bonchev–Trinajstić information content (AvgIpc) is 3.41. The molecule has 52 heavy (non-hydrogen) atoms. The summed E-state index contributed by atoms with van der Waals surface area (Å²) in [5.41, 5.74) is -3.05. The minimum absolute atomic E-state index is 0.103. The lowest BCUT2D eigenvalue weighted by molar-refractivity contribution is -0.121. The highest BCUT2D eigenvalue weighted by Crippen LogP contribution is 2.50. The van der Waals surface area contributed by atoms with E-state index in [1.54, 1.807) is 42.2 Å². The number of nitriles is 1. The third-order valence-corrected chi connectivity index (χ3v) is 12.0. The maximum atomic E-state index is 15.5. The number of hydrogen-bond acceptors (Lipinski definition) is 10. The van der Waals surface area contributed by atoms with Crippen molar-refractivity contribution in [3.63, 3.8) is 0 Å². The van der Waals surface area contributed by atoms with Crippen molar-refractivity contribution < 1.29 is 36.6 Å². The number of nitrogens with zero attached hydrogens (tertiary/aromatic N) is 5. The van der Waals surface area contributed by atoms with Gasteiger partial charge in [-0.05, 0) is 63.7 Å². The highest BCUT2D eigenvalue weighted by atomic mass is 32.2. The molecule has 276 valence electrons. The van der Waals surface area contributed by atoms with Crippen LogP contribution >= 0.6 is 0 Å². The summed E-state index contributed by atoms with van der Waals surface area (Å²) in [6.07, 6.45) is 2.09. The molecule has 6 rings (SSSR count). The number of halogens is 1. The fourth-order valence-electron chi connectivity index (χ4n) is 7.46. The van der Waals surface area contributed by atoms with E-state index in [1.165, 1.54) is 32.4 Å². The summed E-state index contributed by atoms with van der Waals surface area (Å²) >= 11 is 0. The molecular weight excluding hydrogens is 692 g/mol. The summed E-state index contributed by atoms with van der Waals surface area (Å²) in [5, 5.41) is 12.8. The van der Waals surface area contributed by atoms with E-state index in [-0.39, 0.29) is 34.9 Å². The normalized spacial score (nSPS) is 20.0. The van der Waals surface area contributed by atoms with Crippen LogP contribution in [-0.2, 0) is 20.4 Å². The van der Waals surface area contributed by atoms with Crippen LogP contribution in [0.5, 0.6) is 17.2 Å². The number of fused-ring (bicyclic) bond motifs is 1. The number of ether oxygens (including phenoxy) is 3. The van der Waals surface area contributed by atoms with Gasteiger partial charge in [-0.15, -0.1) is 0 Å². The Morgan fingerprint density at radius 3 is 2.31 bits per heavy atom. The van der Waals surface area contributed by atoms with Crippen LogP contribution in [0, 0.1) is 17.1 Å². The molecule has 0 bridgehead atoms. The molecular formula is C37H43FN6O7S. The van der Waals surface area contributed by atoms with Crippen molar-refractivity contribution in [1.29, 1.82) is 5.26 Å². The highest BCUT2D eigenvalue weighted by Gasteiger charge is 2.59. The topological polar surface area (TPSA) is 145 Å². The van der Waals surface area contributed by atoms with Crippen LogP contribution in [0.25, 0.3) is 0 Å². The van der Waals surface area contributed by atoms with Gasteiger partial charge in [-0.1, -0.05) is 25.1 Å². The van der Waals surface area contributed by atoms with Gasteiger partial charge in [0.25, 0.3) is 15.9 Å². The second-order valence-corrected chi connectivity index (χ2v) is 14.6. The molecule has 1 N–H and O–H groups in total. The van der Waals surface area contributed by atoms with Crippen LogP contribution in [0.4, 0.5) is 14.9 Å². The number of sulfonamides is 1. The summed E-state index contributed by atoms with van der Waals surface area (Å²) in [6, 6.07) is 13.9. The number of methoxy groups -OCH3 is 2. The summed E-state index contributed by atoms with van der Waals surface area (Å²) < 4.78 is 61.8. The summed E-state index contributed by atoms with van der Waals surface area (Å²) in [6.45, 7) is 9.13. The van der Waals surface area contributed by atoms with Crippen molar-refractivity contribution >= 4 is 27.6 Å². The molecule has 1 unspecified atom stereocenters. The Morgan fingerprint density at radius 2 is 1.67 bits per heavy atom. The Balaban J connectivity index is 1.45. The van der Waals surface area contributed by atoms with Gasteiger partial charge < -0.3 is 29.3 Å². The van der Waals surface area contributed by atoms with Gasteiger partial charge in [0.15, 0.2) is 5.54 Å². The van der Waals surface area contributed by atoms with Gasteiger partial charge in [0.1, 0.15) is 34.0 Å². The van der Waals surface area contributed by atoms with Crippen molar-refractivity contribution in [2.75, 3.05) is 70.9 Å². The summed E-state index contributed by atoms with van der Waals surface area (Å²) in [7, 11) is -2.19. The number of piperazine rings is 1. The minimum atomic E-state index is -4.86. The van der Waals surface area contributed by atoms with Gasteiger partial charge in [0, 0.05) is 55.5 Å². The summed E-state index contributed by atoms with van der Waals surface area (Å²) in [5.74, 6) is -1.80. The predicted molar refractivity (Wildman–Crippen MR) is 191 cm³/mol. The number of carbonyl (C=O) groups is 2. The number of amides is 3. The molecule has 3 aliphatic rings. The van der Waals surface area contributed by atoms with Crippen LogP contribution < -0.4 is 23.8 Å². The zero-order valence-electron chi connectivity index (χ0n) is 29.7. The fraction of sp³-hybridized carbons (Fsp3) is 0.432. The Bertz CT molecular complexity index is 1990. The van der Waals surface area contributed by atoms with E-state index in [0.717, 1.165) is 44.6 Å². The van der Waals surface area contributed by atoms with Crippen LogP contribution in [0.3, 0.4) is 0 Å². The lowest BCUT2D eigenvalue weighted by Gasteiger charge is -2.43. The number of anilines is 1. The van der Waals surface area contributed by atoms with E-state index in [0.29, 0.717) is 42.3 Å². The SMILES string of the molecule is CCOc1ccccc1C1(NC(=O)N2CCN(C3CCN(CC)CC3)CC2)C(=O)N(S(=O)(=O)c2ccc(OC)cc2OC)c2cc(F)c(C#N)cc21. The van der Waals surface area contributed by atoms with Gasteiger partial charge in [-0.2, -0.15) is 9.57 Å². The van der Waals surface area contributed by atoms with Crippen molar-refractivity contribution in [3.8, 4) is 23.3 Å². The number of nitrogens with one attached hydrogen (secondary N) is 1. The zero-order valence-corrected chi connectivity index (χ0v) is 30.5. The monoisotopic (exact) mass is 734 g/mol. The van der Waals surface area contributed by atoms with Crippen LogP contribution in [0.1, 0.15) is 43.4 Å². The van der Waals surface area contributed by atoms with Crippen LogP contribution in [0.2, 0.25) is 0 Å². The Kier molecular flexibility index (Phi) is 10.6. The van der Waals surface area contributed by atoms with Crippen LogP contribution in [-0.4, -0.2) is 108 Å². The standard InChI is InChI=1S/C37H43FN6O7S/c1-5-41-15-13-26(14-16-41)42-17-19-43(20-18-42)36(46)40-37(28-9-7-8-10-32(28)51-6-2)29-21-25(24-39)30(38)23-31(29)44(35(37)45)52(47,48)34-12-11-27(49-3)22-33(34)50-4/h7-12,21-23,26H,5-6,13-20H2,1-4H3,(H,40,46). The van der Waals surface area contributed by atoms with Gasteiger partial charge >= 0.3 is 6.03 Å². The molecule has 1 atom stereocenters. The van der Waals surface area contributed by atoms with Gasteiger partial charge in [0.05, 0.1) is 32.1 Å². The minimum Gasteiger partial charge on any atom is -0.497 e. The average molecular weight is 735 g/mol. The van der Waals surface area contributed by atoms with Gasteiger partial charge in [-0.25, -0.2) is 17.6 Å². The third-order valence-electron chi connectivity index (χ3n) is 10.2. The summed E-state index contributed by atoms with van der Waals surface area (Å²) in [4.78, 5) is 35.6. The van der Waals surface area contributed by atoms with E-state index in [9.17, 15) is 18.5 Å². The number of urea groups is 1. The molecule has 3 aromatic carbocycles. The van der Waals surface area contributed by atoms with Crippen LogP contribution in [0.15, 0.2) is 59.5 Å². The first kappa shape index (κ1) is 36.9. The fourth-order valence-corrected chi connectivity index (χ4v) is 9.05. The van der Waals surface area contributed by atoms with E-state index in [1.807, 2.05) is 0 Å². The Labute approximate surface area is 303 Å². The maximum absolute atomic E-state index is 15.5. The number of piperidine rings is 1. The molecule has 15 heteroatoms. The molecule has 3 aliphatic heterocycles. The molecule has 2 saturated heterocycles. The van der Waals surface area contributed by atoms with Crippen molar-refractivity contribution in [2.45, 2.75) is 43.2 Å². The number of carbonyl (C=O) groups excluding carboxylic acids is 2. The molecule has 0 aromatic heterocycles. The molecule has 2 fully saturated rings. The molecule has 0 radical (unpaired) electrons. The number of para-hydroxylation sites is 1. The quantitative estimate of drug-likeness (QED) is 0.326. The largest absolute Gasteiger partial charge is 0.497 e. The first-order valence-electron chi connectivity index (χ1n) is 17.4. The second-order valence-electron chi connectivity index (χ2n) is 12.9. The first-order chi connectivity index (χ1) is 25.0. The van der Waals surface area contributed by atoms with Crippen molar-refractivity contribution in [1.82, 2.24) is 20.0 Å². The molecule has 0 spiro atoms. The molecule has 0 saturated carbocycles. The maximum Gasteiger partial charge on any atom is 0.318 e. The third kappa shape index (κ3) is 6.39. The molecule has 3 heterocycles. The molecule has 13 nitrogen and oxygen atoms in total. The van der Waals surface area contributed by atoms with Gasteiger partial charge in [-0.3, -0.25) is 9.69 Å². The van der Waals surface area contributed by atoms with Crippen molar-refractivity contribution in [2.24, 2.45) is 0 Å². The van der Waals surface area contributed by atoms with E-state index in [4.69, 9.17) is 14.2 Å². The molecule has 3 aromatic rings. The van der Waals surface area contributed by atoms with E-state index in [2.05, 4.69) is 22.0 Å². The molecule has 0 aliphatic carbocycles. The highest BCUT2D eigenvalue weighted by molar-refractivity contribution is 7.93. The second kappa shape index (κ2) is 15.0. The van der Waals surface area contributed by atoms with E-state index >= 15 is 9.18 Å². The first-order valence-corrected chi connectivity index (χ1v) is 18.8. The number of likely N-dealkylation sites (tertiary alicyclic amines) is 1. The number of hydrogen-bond donors (Lipinski definition) is 1. The lowest BCUT2D eigenvalue weighted by atomic mass is 9.82. The number of benzene rings is 3. The van der Waals surface area contributed by atoms with Crippen molar-refractivity contribution in [3.05, 3.63) is 77.1 Å². The Morgan fingerprint density at radius 1 is 0.962 bits per heavy atom.